The van der Waals surface area contributed by atoms with Gasteiger partial charge in [0, 0.05) is 39.0 Å². The van der Waals surface area contributed by atoms with Gasteiger partial charge >= 0.3 is 0 Å². The summed E-state index contributed by atoms with van der Waals surface area (Å²) in [5.41, 5.74) is 0. The van der Waals surface area contributed by atoms with Crippen LogP contribution < -0.4 is 5.32 Å². The molecule has 1 aliphatic carbocycles. The number of rotatable bonds is 6. The van der Waals surface area contributed by atoms with Gasteiger partial charge in [-0.1, -0.05) is 19.3 Å². The first kappa shape index (κ1) is 20.2. The summed E-state index contributed by atoms with van der Waals surface area (Å²) in [6, 6.07) is 0. The van der Waals surface area contributed by atoms with E-state index in [4.69, 9.17) is 0 Å². The molecule has 2 rings (SSSR count). The van der Waals surface area contributed by atoms with E-state index in [2.05, 4.69) is 5.32 Å². The highest BCUT2D eigenvalue weighted by atomic mass is 35.5. The molecule has 1 aliphatic heterocycles. The average Bonchev–Trinajstić information content (AvgIpc) is 2.56. The summed E-state index contributed by atoms with van der Waals surface area (Å²) in [5.74, 6) is 1.13. The first-order chi connectivity index (χ1) is 10.7. The van der Waals surface area contributed by atoms with E-state index in [1.807, 2.05) is 16.8 Å². The van der Waals surface area contributed by atoms with Crippen molar-refractivity contribution in [1.29, 1.82) is 0 Å². The van der Waals surface area contributed by atoms with Gasteiger partial charge < -0.3 is 15.1 Å². The van der Waals surface area contributed by atoms with Gasteiger partial charge in [-0.15, -0.1) is 12.4 Å². The number of halogens is 1. The SMILES string of the molecule is CNCCCC(=O)N1CCN(C(=O)CC2CCCCC2)CC1.Cl. The van der Waals surface area contributed by atoms with Crippen LogP contribution in [0.1, 0.15) is 51.4 Å². The molecule has 1 heterocycles. The van der Waals surface area contributed by atoms with Crippen molar-refractivity contribution in [3.63, 3.8) is 0 Å². The molecule has 6 heteroatoms. The summed E-state index contributed by atoms with van der Waals surface area (Å²) < 4.78 is 0. The van der Waals surface area contributed by atoms with Crippen LogP contribution in [-0.2, 0) is 9.59 Å². The first-order valence-corrected chi connectivity index (χ1v) is 8.91. The standard InChI is InChI=1S/C17H31N3O2.ClH/c1-18-9-5-8-16(21)19-10-12-20(13-11-19)17(22)14-15-6-3-2-4-7-15;/h15,18H,2-14H2,1H3;1H. The highest BCUT2D eigenvalue weighted by Crippen LogP contribution is 2.27. The van der Waals surface area contributed by atoms with Gasteiger partial charge in [0.15, 0.2) is 0 Å². The second-order valence-electron chi connectivity index (χ2n) is 6.68. The molecule has 0 spiro atoms. The number of piperazine rings is 1. The lowest BCUT2D eigenvalue weighted by Crippen LogP contribution is -2.50. The molecule has 0 bridgehead atoms. The van der Waals surface area contributed by atoms with Crippen molar-refractivity contribution < 1.29 is 9.59 Å². The van der Waals surface area contributed by atoms with Crippen molar-refractivity contribution in [2.75, 3.05) is 39.8 Å². The van der Waals surface area contributed by atoms with Gasteiger partial charge in [0.2, 0.25) is 11.8 Å². The van der Waals surface area contributed by atoms with E-state index >= 15 is 0 Å². The largest absolute Gasteiger partial charge is 0.339 e. The molecule has 2 aliphatic rings. The molecular formula is C17H32ClN3O2. The van der Waals surface area contributed by atoms with Crippen molar-refractivity contribution in [3.8, 4) is 0 Å². The highest BCUT2D eigenvalue weighted by molar-refractivity contribution is 5.85. The monoisotopic (exact) mass is 345 g/mol. The third-order valence-corrected chi connectivity index (χ3v) is 4.99. The fourth-order valence-corrected chi connectivity index (χ4v) is 3.55. The number of carbonyl (C=O) groups is 2. The smallest absolute Gasteiger partial charge is 0.222 e. The molecule has 0 atom stereocenters. The lowest BCUT2D eigenvalue weighted by molar-refractivity contribution is -0.140. The number of amides is 2. The van der Waals surface area contributed by atoms with Gasteiger partial charge in [-0.2, -0.15) is 0 Å². The maximum atomic E-state index is 12.4. The number of hydrogen-bond donors (Lipinski definition) is 1. The van der Waals surface area contributed by atoms with E-state index in [-0.39, 0.29) is 18.3 Å². The maximum Gasteiger partial charge on any atom is 0.222 e. The van der Waals surface area contributed by atoms with Crippen LogP contribution in [0.15, 0.2) is 0 Å². The zero-order valence-electron chi connectivity index (χ0n) is 14.4. The molecule has 0 radical (unpaired) electrons. The van der Waals surface area contributed by atoms with Crippen molar-refractivity contribution in [1.82, 2.24) is 15.1 Å². The minimum absolute atomic E-state index is 0. The Morgan fingerprint density at radius 3 is 2.09 bits per heavy atom. The van der Waals surface area contributed by atoms with E-state index in [9.17, 15) is 9.59 Å². The quantitative estimate of drug-likeness (QED) is 0.750. The van der Waals surface area contributed by atoms with E-state index in [1.165, 1.54) is 32.1 Å². The van der Waals surface area contributed by atoms with Crippen LogP contribution in [0, 0.1) is 5.92 Å². The molecule has 0 unspecified atom stereocenters. The normalized spacial score (nSPS) is 19.3. The summed E-state index contributed by atoms with van der Waals surface area (Å²) in [6.45, 7) is 3.71. The predicted molar refractivity (Wildman–Crippen MR) is 94.8 cm³/mol. The Bertz CT molecular complexity index is 365. The molecule has 5 nitrogen and oxygen atoms in total. The maximum absolute atomic E-state index is 12.4. The van der Waals surface area contributed by atoms with Crippen molar-refractivity contribution >= 4 is 24.2 Å². The lowest BCUT2D eigenvalue weighted by atomic mass is 9.86. The van der Waals surface area contributed by atoms with E-state index in [1.54, 1.807) is 0 Å². The zero-order chi connectivity index (χ0) is 15.8. The summed E-state index contributed by atoms with van der Waals surface area (Å²) >= 11 is 0. The van der Waals surface area contributed by atoms with Gasteiger partial charge in [-0.05, 0) is 38.8 Å². The molecule has 0 aromatic rings. The Morgan fingerprint density at radius 2 is 1.52 bits per heavy atom. The molecule has 0 aromatic heterocycles. The average molecular weight is 346 g/mol. The molecule has 2 fully saturated rings. The number of nitrogens with zero attached hydrogens (tertiary/aromatic N) is 2. The molecular weight excluding hydrogens is 314 g/mol. The van der Waals surface area contributed by atoms with E-state index in [0.717, 1.165) is 19.4 Å². The third kappa shape index (κ3) is 6.68. The van der Waals surface area contributed by atoms with Crippen LogP contribution in [0.3, 0.4) is 0 Å². The summed E-state index contributed by atoms with van der Waals surface area (Å²) in [6.07, 6.45) is 8.55. The minimum Gasteiger partial charge on any atom is -0.339 e. The summed E-state index contributed by atoms with van der Waals surface area (Å²) in [4.78, 5) is 28.3. The van der Waals surface area contributed by atoms with Crippen molar-refractivity contribution in [2.24, 2.45) is 5.92 Å². The highest BCUT2D eigenvalue weighted by Gasteiger charge is 2.26. The van der Waals surface area contributed by atoms with Crippen LogP contribution in [0.4, 0.5) is 0 Å². The Kier molecular flexibility index (Phi) is 9.56. The van der Waals surface area contributed by atoms with Gasteiger partial charge in [-0.3, -0.25) is 9.59 Å². The fourth-order valence-electron chi connectivity index (χ4n) is 3.55. The lowest BCUT2D eigenvalue weighted by Gasteiger charge is -2.35. The summed E-state index contributed by atoms with van der Waals surface area (Å²) in [5, 5.41) is 3.06. The Morgan fingerprint density at radius 1 is 0.957 bits per heavy atom. The molecule has 0 aromatic carbocycles. The van der Waals surface area contributed by atoms with Gasteiger partial charge in [0.1, 0.15) is 0 Å². The van der Waals surface area contributed by atoms with Gasteiger partial charge in [0.05, 0.1) is 0 Å². The van der Waals surface area contributed by atoms with Crippen LogP contribution in [0.2, 0.25) is 0 Å². The number of hydrogen-bond acceptors (Lipinski definition) is 3. The Labute approximate surface area is 146 Å². The molecule has 1 saturated carbocycles. The van der Waals surface area contributed by atoms with Crippen LogP contribution in [0.5, 0.6) is 0 Å². The van der Waals surface area contributed by atoms with E-state index < -0.39 is 0 Å². The van der Waals surface area contributed by atoms with Crippen LogP contribution in [-0.4, -0.2) is 61.4 Å². The topological polar surface area (TPSA) is 52.7 Å². The van der Waals surface area contributed by atoms with Crippen LogP contribution in [0.25, 0.3) is 0 Å². The molecule has 2 amide bonds. The fraction of sp³-hybridized carbons (Fsp3) is 0.882. The van der Waals surface area contributed by atoms with Crippen molar-refractivity contribution in [2.45, 2.75) is 51.4 Å². The minimum atomic E-state index is 0. The van der Waals surface area contributed by atoms with Gasteiger partial charge in [0.25, 0.3) is 0 Å². The molecule has 23 heavy (non-hydrogen) atoms. The van der Waals surface area contributed by atoms with Gasteiger partial charge in [-0.25, -0.2) is 0 Å². The third-order valence-electron chi connectivity index (χ3n) is 4.99. The Balaban J connectivity index is 0.00000264. The zero-order valence-corrected chi connectivity index (χ0v) is 15.2. The number of carbonyl (C=O) groups excluding carboxylic acids is 2. The predicted octanol–water partition coefficient (Wildman–Crippen LogP) is 2.05. The second kappa shape index (κ2) is 10.9. The van der Waals surface area contributed by atoms with Crippen molar-refractivity contribution in [3.05, 3.63) is 0 Å². The Hall–Kier alpha value is -0.810. The summed E-state index contributed by atoms with van der Waals surface area (Å²) in [7, 11) is 1.90. The molecule has 134 valence electrons. The molecule has 1 saturated heterocycles. The number of nitrogens with one attached hydrogen (secondary N) is 1. The van der Waals surface area contributed by atoms with Crippen LogP contribution >= 0.6 is 12.4 Å². The molecule has 1 N–H and O–H groups in total. The van der Waals surface area contributed by atoms with E-state index in [0.29, 0.717) is 44.4 Å². The second-order valence-corrected chi connectivity index (χ2v) is 6.68. The first-order valence-electron chi connectivity index (χ1n) is 8.91.